The van der Waals surface area contributed by atoms with Crippen LogP contribution >= 0.6 is 0 Å². The topological polar surface area (TPSA) is 68.3 Å². The van der Waals surface area contributed by atoms with E-state index in [0.717, 1.165) is 16.7 Å². The molecule has 0 atom stereocenters. The molecule has 0 amide bonds. The van der Waals surface area contributed by atoms with Crippen LogP contribution in [0.5, 0.6) is 5.75 Å². The Morgan fingerprint density at radius 3 is 2.38 bits per heavy atom. The van der Waals surface area contributed by atoms with E-state index in [1.54, 1.807) is 36.7 Å². The van der Waals surface area contributed by atoms with Crippen molar-refractivity contribution in [2.24, 2.45) is 0 Å². The number of sulfonamides is 1. The Morgan fingerprint density at radius 1 is 1.14 bits per heavy atom. The van der Waals surface area contributed by atoms with Gasteiger partial charge in [0, 0.05) is 18.9 Å². The minimum Gasteiger partial charge on any atom is -0.495 e. The number of benzene rings is 1. The third kappa shape index (κ3) is 3.59. The standard InChI is InChI=1S/C15H18N2O3S/c1-11-8-14(20-3)15(9-12(11)2)21(18,19)17-10-13-4-6-16-7-5-13/h4-9,17H,10H2,1-3H3. The zero-order valence-electron chi connectivity index (χ0n) is 12.3. The zero-order chi connectivity index (χ0) is 15.5. The van der Waals surface area contributed by atoms with E-state index in [1.165, 1.54) is 7.11 Å². The predicted molar refractivity (Wildman–Crippen MR) is 80.7 cm³/mol. The fourth-order valence-corrected chi connectivity index (χ4v) is 3.14. The average molecular weight is 306 g/mol. The van der Waals surface area contributed by atoms with E-state index in [4.69, 9.17) is 4.74 Å². The molecule has 0 spiro atoms. The summed E-state index contributed by atoms with van der Waals surface area (Å²) in [6.45, 7) is 4.00. The summed E-state index contributed by atoms with van der Waals surface area (Å²) in [5.41, 5.74) is 2.73. The van der Waals surface area contributed by atoms with Crippen molar-refractivity contribution in [2.45, 2.75) is 25.3 Å². The fourth-order valence-electron chi connectivity index (χ4n) is 1.89. The SMILES string of the molecule is COc1cc(C)c(C)cc1S(=O)(=O)NCc1ccncc1. The second kappa shape index (κ2) is 6.24. The molecule has 0 aliphatic carbocycles. The lowest BCUT2D eigenvalue weighted by molar-refractivity contribution is 0.402. The lowest BCUT2D eigenvalue weighted by atomic mass is 10.1. The maximum atomic E-state index is 12.4. The van der Waals surface area contributed by atoms with Crippen molar-refractivity contribution in [3.63, 3.8) is 0 Å². The smallest absolute Gasteiger partial charge is 0.244 e. The normalized spacial score (nSPS) is 11.4. The number of nitrogens with one attached hydrogen (secondary N) is 1. The number of hydrogen-bond donors (Lipinski definition) is 1. The Morgan fingerprint density at radius 2 is 1.76 bits per heavy atom. The largest absolute Gasteiger partial charge is 0.495 e. The first-order valence-electron chi connectivity index (χ1n) is 6.48. The van der Waals surface area contributed by atoms with Gasteiger partial charge in [-0.05, 0) is 54.8 Å². The van der Waals surface area contributed by atoms with E-state index in [0.29, 0.717) is 5.75 Å². The second-order valence-electron chi connectivity index (χ2n) is 4.77. The molecular weight excluding hydrogens is 288 g/mol. The van der Waals surface area contributed by atoms with Crippen molar-refractivity contribution in [1.82, 2.24) is 9.71 Å². The molecule has 2 aromatic rings. The molecule has 1 aromatic carbocycles. The average Bonchev–Trinajstić information content (AvgIpc) is 2.48. The quantitative estimate of drug-likeness (QED) is 0.919. The minimum absolute atomic E-state index is 0.155. The van der Waals surface area contributed by atoms with Crippen molar-refractivity contribution in [3.05, 3.63) is 53.3 Å². The van der Waals surface area contributed by atoms with Crippen LogP contribution < -0.4 is 9.46 Å². The molecule has 0 saturated heterocycles. The van der Waals surface area contributed by atoms with Crippen molar-refractivity contribution < 1.29 is 13.2 Å². The summed E-state index contributed by atoms with van der Waals surface area (Å²) < 4.78 is 32.7. The number of aryl methyl sites for hydroxylation is 2. The van der Waals surface area contributed by atoms with Gasteiger partial charge in [-0.25, -0.2) is 13.1 Å². The Kier molecular flexibility index (Phi) is 4.59. The van der Waals surface area contributed by atoms with E-state index in [9.17, 15) is 8.42 Å². The van der Waals surface area contributed by atoms with Crippen LogP contribution in [-0.4, -0.2) is 20.5 Å². The molecule has 21 heavy (non-hydrogen) atoms. The molecule has 2 rings (SSSR count). The van der Waals surface area contributed by atoms with Gasteiger partial charge in [0.2, 0.25) is 10.0 Å². The van der Waals surface area contributed by atoms with Crippen molar-refractivity contribution in [1.29, 1.82) is 0 Å². The number of pyridine rings is 1. The number of aromatic nitrogens is 1. The summed E-state index contributed by atoms with van der Waals surface area (Å²) in [4.78, 5) is 4.05. The van der Waals surface area contributed by atoms with Crippen LogP contribution in [0.15, 0.2) is 41.6 Å². The summed E-state index contributed by atoms with van der Waals surface area (Å²) >= 11 is 0. The first-order chi connectivity index (χ1) is 9.94. The first kappa shape index (κ1) is 15.5. The minimum atomic E-state index is -3.64. The highest BCUT2D eigenvalue weighted by molar-refractivity contribution is 7.89. The number of hydrogen-bond acceptors (Lipinski definition) is 4. The van der Waals surface area contributed by atoms with Gasteiger partial charge in [0.15, 0.2) is 0 Å². The van der Waals surface area contributed by atoms with Gasteiger partial charge in [-0.15, -0.1) is 0 Å². The van der Waals surface area contributed by atoms with Gasteiger partial charge in [-0.3, -0.25) is 4.98 Å². The zero-order valence-corrected chi connectivity index (χ0v) is 13.1. The molecule has 0 bridgehead atoms. The Labute approximate surface area is 125 Å². The van der Waals surface area contributed by atoms with E-state index < -0.39 is 10.0 Å². The molecule has 0 fully saturated rings. The molecule has 0 radical (unpaired) electrons. The fraction of sp³-hybridized carbons (Fsp3) is 0.267. The van der Waals surface area contributed by atoms with Crippen LogP contribution in [0.1, 0.15) is 16.7 Å². The van der Waals surface area contributed by atoms with E-state index >= 15 is 0 Å². The predicted octanol–water partition coefficient (Wildman–Crippen LogP) is 2.19. The van der Waals surface area contributed by atoms with Crippen LogP contribution in [0, 0.1) is 13.8 Å². The third-order valence-electron chi connectivity index (χ3n) is 3.29. The van der Waals surface area contributed by atoms with Crippen LogP contribution in [0.4, 0.5) is 0 Å². The summed E-state index contributed by atoms with van der Waals surface area (Å²) in [6, 6.07) is 6.89. The van der Waals surface area contributed by atoms with Gasteiger partial charge in [-0.2, -0.15) is 0 Å². The number of rotatable bonds is 5. The molecule has 0 aliphatic rings. The summed E-state index contributed by atoms with van der Waals surface area (Å²) in [5.74, 6) is 0.348. The second-order valence-corrected chi connectivity index (χ2v) is 6.50. The number of methoxy groups -OCH3 is 1. The van der Waals surface area contributed by atoms with Gasteiger partial charge < -0.3 is 4.74 Å². The van der Waals surface area contributed by atoms with Gasteiger partial charge >= 0.3 is 0 Å². The van der Waals surface area contributed by atoms with Crippen molar-refractivity contribution in [3.8, 4) is 5.75 Å². The van der Waals surface area contributed by atoms with Gasteiger partial charge in [-0.1, -0.05) is 0 Å². The van der Waals surface area contributed by atoms with Crippen LogP contribution in [0.3, 0.4) is 0 Å². The molecular formula is C15H18N2O3S. The summed E-state index contributed by atoms with van der Waals surface area (Å²) in [6.07, 6.45) is 3.25. The molecule has 0 aliphatic heterocycles. The van der Waals surface area contributed by atoms with E-state index in [-0.39, 0.29) is 11.4 Å². The molecule has 1 N–H and O–H groups in total. The summed E-state index contributed by atoms with van der Waals surface area (Å²) in [7, 11) is -2.17. The van der Waals surface area contributed by atoms with Crippen LogP contribution in [0.25, 0.3) is 0 Å². The first-order valence-corrected chi connectivity index (χ1v) is 7.96. The highest BCUT2D eigenvalue weighted by Crippen LogP contribution is 2.27. The molecule has 1 heterocycles. The van der Waals surface area contributed by atoms with Crippen molar-refractivity contribution >= 4 is 10.0 Å². The molecule has 5 nitrogen and oxygen atoms in total. The van der Waals surface area contributed by atoms with Crippen LogP contribution in [-0.2, 0) is 16.6 Å². The van der Waals surface area contributed by atoms with E-state index in [1.807, 2.05) is 13.8 Å². The monoisotopic (exact) mass is 306 g/mol. The number of nitrogens with zero attached hydrogens (tertiary/aromatic N) is 1. The maximum absolute atomic E-state index is 12.4. The van der Waals surface area contributed by atoms with Gasteiger partial charge in [0.05, 0.1) is 7.11 Å². The highest BCUT2D eigenvalue weighted by Gasteiger charge is 2.20. The van der Waals surface area contributed by atoms with Crippen LogP contribution in [0.2, 0.25) is 0 Å². The molecule has 0 unspecified atom stereocenters. The lowest BCUT2D eigenvalue weighted by Gasteiger charge is -2.13. The van der Waals surface area contributed by atoms with Crippen molar-refractivity contribution in [2.75, 3.05) is 7.11 Å². The molecule has 0 saturated carbocycles. The van der Waals surface area contributed by atoms with Gasteiger partial charge in [0.1, 0.15) is 10.6 Å². The highest BCUT2D eigenvalue weighted by atomic mass is 32.2. The Hall–Kier alpha value is -1.92. The molecule has 1 aromatic heterocycles. The third-order valence-corrected chi connectivity index (χ3v) is 4.71. The molecule has 6 heteroatoms. The Balaban J connectivity index is 2.29. The van der Waals surface area contributed by atoms with Gasteiger partial charge in [0.25, 0.3) is 0 Å². The molecule has 112 valence electrons. The Bertz CT molecular complexity index is 728. The van der Waals surface area contributed by atoms with E-state index in [2.05, 4.69) is 9.71 Å². The lowest BCUT2D eigenvalue weighted by Crippen LogP contribution is -2.24. The summed E-state index contributed by atoms with van der Waals surface area (Å²) in [5, 5.41) is 0. The maximum Gasteiger partial charge on any atom is 0.244 e. The number of ether oxygens (including phenoxy) is 1.